The van der Waals surface area contributed by atoms with Crippen LogP contribution in [0.15, 0.2) is 18.2 Å². The highest BCUT2D eigenvalue weighted by Crippen LogP contribution is 2.17. The van der Waals surface area contributed by atoms with Crippen LogP contribution in [0.4, 0.5) is 4.39 Å². The lowest BCUT2D eigenvalue weighted by atomic mass is 10.2. The molecule has 0 saturated carbocycles. The number of hydrogen-bond acceptors (Lipinski definition) is 5. The maximum Gasteiger partial charge on any atom is 0.212 e. The van der Waals surface area contributed by atoms with Crippen molar-refractivity contribution in [1.29, 1.82) is 0 Å². The van der Waals surface area contributed by atoms with Crippen LogP contribution in [-0.2, 0) is 20.2 Å². The van der Waals surface area contributed by atoms with E-state index in [1.807, 2.05) is 0 Å². The highest BCUT2D eigenvalue weighted by molar-refractivity contribution is 5.29. The zero-order chi connectivity index (χ0) is 13.0. The quantitative estimate of drug-likeness (QED) is 0.845. The van der Waals surface area contributed by atoms with Gasteiger partial charge in [0.05, 0.1) is 7.05 Å². The molecule has 1 heterocycles. The summed E-state index contributed by atoms with van der Waals surface area (Å²) < 4.78 is 18.8. The zero-order valence-corrected chi connectivity index (χ0v) is 10.2. The number of benzene rings is 1. The molecule has 0 atom stereocenters. The maximum absolute atomic E-state index is 13.3. The smallest absolute Gasteiger partial charge is 0.212 e. The summed E-state index contributed by atoms with van der Waals surface area (Å²) in [5.41, 5.74) is 0.819. The Balaban J connectivity index is 2.04. The lowest BCUT2D eigenvalue weighted by Crippen LogP contribution is -2.06. The molecule has 0 spiro atoms. The molecule has 0 saturated heterocycles. The molecular formula is C11H14FN5O. The average molecular weight is 251 g/mol. The van der Waals surface area contributed by atoms with E-state index in [-0.39, 0.29) is 12.4 Å². The second kappa shape index (κ2) is 5.54. The van der Waals surface area contributed by atoms with E-state index in [2.05, 4.69) is 20.7 Å². The Morgan fingerprint density at radius 3 is 2.89 bits per heavy atom. The van der Waals surface area contributed by atoms with Crippen molar-refractivity contribution in [3.05, 3.63) is 35.4 Å². The van der Waals surface area contributed by atoms with Crippen molar-refractivity contribution in [2.45, 2.75) is 13.2 Å². The van der Waals surface area contributed by atoms with Gasteiger partial charge in [-0.15, -0.1) is 10.2 Å². The van der Waals surface area contributed by atoms with Crippen molar-refractivity contribution in [2.24, 2.45) is 7.05 Å². The minimum Gasteiger partial charge on any atom is -0.485 e. The van der Waals surface area contributed by atoms with Crippen molar-refractivity contribution in [2.75, 3.05) is 7.05 Å². The lowest BCUT2D eigenvalue weighted by molar-refractivity contribution is 0.293. The van der Waals surface area contributed by atoms with E-state index >= 15 is 0 Å². The third-order valence-electron chi connectivity index (χ3n) is 2.23. The van der Waals surface area contributed by atoms with Crippen LogP contribution in [0.1, 0.15) is 11.4 Å². The van der Waals surface area contributed by atoms with Crippen molar-refractivity contribution in [1.82, 2.24) is 25.5 Å². The number of halogens is 1. The molecular weight excluding hydrogens is 237 g/mol. The second-order valence-electron chi connectivity index (χ2n) is 3.81. The van der Waals surface area contributed by atoms with Crippen LogP contribution in [0.25, 0.3) is 0 Å². The summed E-state index contributed by atoms with van der Waals surface area (Å²) in [6.07, 6.45) is 0. The second-order valence-corrected chi connectivity index (χ2v) is 3.81. The third kappa shape index (κ3) is 3.24. The van der Waals surface area contributed by atoms with Gasteiger partial charge in [0.25, 0.3) is 0 Å². The maximum atomic E-state index is 13.3. The molecule has 0 aliphatic rings. The van der Waals surface area contributed by atoms with Gasteiger partial charge in [0.2, 0.25) is 5.82 Å². The Hall–Kier alpha value is -2.02. The predicted molar refractivity (Wildman–Crippen MR) is 62.3 cm³/mol. The molecule has 0 amide bonds. The topological polar surface area (TPSA) is 64.9 Å². The third-order valence-corrected chi connectivity index (χ3v) is 2.23. The number of rotatable bonds is 5. The van der Waals surface area contributed by atoms with Crippen molar-refractivity contribution >= 4 is 0 Å². The zero-order valence-electron chi connectivity index (χ0n) is 10.2. The predicted octanol–water partition coefficient (Wildman–Crippen LogP) is 0.648. The molecule has 6 nitrogen and oxygen atoms in total. The Labute approximate surface area is 104 Å². The van der Waals surface area contributed by atoms with Gasteiger partial charge in [-0.2, -0.15) is 4.80 Å². The molecule has 0 fully saturated rings. The van der Waals surface area contributed by atoms with Gasteiger partial charge in [-0.25, -0.2) is 4.39 Å². The molecule has 18 heavy (non-hydrogen) atoms. The van der Waals surface area contributed by atoms with Gasteiger partial charge in [0.1, 0.15) is 11.6 Å². The van der Waals surface area contributed by atoms with Crippen LogP contribution in [-0.4, -0.2) is 27.3 Å². The highest BCUT2D eigenvalue weighted by atomic mass is 19.1. The van der Waals surface area contributed by atoms with E-state index in [9.17, 15) is 4.39 Å². The van der Waals surface area contributed by atoms with Crippen LogP contribution in [0, 0.1) is 5.82 Å². The van der Waals surface area contributed by atoms with Gasteiger partial charge >= 0.3 is 0 Å². The molecule has 2 aromatic rings. The van der Waals surface area contributed by atoms with E-state index in [0.29, 0.717) is 18.1 Å². The van der Waals surface area contributed by atoms with Gasteiger partial charge in [0, 0.05) is 12.6 Å². The standard InChI is InChI=1S/C11H14FN5O/c1-13-6-8-3-9(12)5-10(4-8)18-7-11-14-16-17(2)15-11/h3-5,13H,6-7H2,1-2H3. The normalized spacial score (nSPS) is 10.6. The first-order valence-corrected chi connectivity index (χ1v) is 5.47. The first-order valence-electron chi connectivity index (χ1n) is 5.47. The van der Waals surface area contributed by atoms with Gasteiger partial charge in [0.15, 0.2) is 6.61 Å². The van der Waals surface area contributed by atoms with E-state index in [4.69, 9.17) is 4.74 Å². The number of nitrogens with one attached hydrogen (secondary N) is 1. The molecule has 0 aliphatic carbocycles. The fourth-order valence-electron chi connectivity index (χ4n) is 1.54. The SMILES string of the molecule is CNCc1cc(F)cc(OCc2nnn(C)n2)c1. The summed E-state index contributed by atoms with van der Waals surface area (Å²) in [4.78, 5) is 1.34. The molecule has 96 valence electrons. The van der Waals surface area contributed by atoms with Gasteiger partial charge < -0.3 is 10.1 Å². The van der Waals surface area contributed by atoms with Gasteiger partial charge in [-0.1, -0.05) is 0 Å². The van der Waals surface area contributed by atoms with E-state index in [1.54, 1.807) is 20.2 Å². The van der Waals surface area contributed by atoms with Crippen LogP contribution in [0.2, 0.25) is 0 Å². The number of hydrogen-bond donors (Lipinski definition) is 1. The fraction of sp³-hybridized carbons (Fsp3) is 0.364. The Morgan fingerprint density at radius 1 is 1.39 bits per heavy atom. The van der Waals surface area contributed by atoms with Crippen molar-refractivity contribution < 1.29 is 9.13 Å². The Kier molecular flexibility index (Phi) is 3.83. The average Bonchev–Trinajstić information content (AvgIpc) is 2.72. The van der Waals surface area contributed by atoms with Gasteiger partial charge in [-0.05, 0) is 30.0 Å². The van der Waals surface area contributed by atoms with Gasteiger partial charge in [-0.3, -0.25) is 0 Å². The lowest BCUT2D eigenvalue weighted by Gasteiger charge is -2.06. The van der Waals surface area contributed by atoms with Crippen molar-refractivity contribution in [3.8, 4) is 5.75 Å². The highest BCUT2D eigenvalue weighted by Gasteiger charge is 2.04. The van der Waals surface area contributed by atoms with Crippen LogP contribution in [0.5, 0.6) is 5.75 Å². The number of aromatic nitrogens is 4. The molecule has 0 unspecified atom stereocenters. The molecule has 1 aromatic heterocycles. The first kappa shape index (κ1) is 12.4. The largest absolute Gasteiger partial charge is 0.485 e. The monoisotopic (exact) mass is 251 g/mol. The molecule has 7 heteroatoms. The number of nitrogens with zero attached hydrogens (tertiary/aromatic N) is 4. The molecule has 0 aliphatic heterocycles. The molecule has 1 N–H and O–H groups in total. The fourth-order valence-corrected chi connectivity index (χ4v) is 1.54. The van der Waals surface area contributed by atoms with E-state index < -0.39 is 0 Å². The Morgan fingerprint density at radius 2 is 2.22 bits per heavy atom. The molecule has 1 aromatic carbocycles. The van der Waals surface area contributed by atoms with Crippen LogP contribution >= 0.6 is 0 Å². The molecule has 2 rings (SSSR count). The summed E-state index contributed by atoms with van der Waals surface area (Å²) in [5, 5.41) is 14.4. The van der Waals surface area contributed by atoms with E-state index in [0.717, 1.165) is 5.56 Å². The van der Waals surface area contributed by atoms with Crippen molar-refractivity contribution in [3.63, 3.8) is 0 Å². The molecule has 0 bridgehead atoms. The minimum atomic E-state index is -0.329. The Bertz CT molecular complexity index is 528. The minimum absolute atomic E-state index is 0.163. The first-order chi connectivity index (χ1) is 8.67. The number of ether oxygens (including phenoxy) is 1. The summed E-state index contributed by atoms with van der Waals surface area (Å²) in [6.45, 7) is 0.744. The summed E-state index contributed by atoms with van der Waals surface area (Å²) >= 11 is 0. The summed E-state index contributed by atoms with van der Waals surface area (Å²) in [5.74, 6) is 0.578. The van der Waals surface area contributed by atoms with Crippen LogP contribution < -0.4 is 10.1 Å². The molecule has 0 radical (unpaired) electrons. The summed E-state index contributed by atoms with van der Waals surface area (Å²) in [6, 6.07) is 4.56. The number of aryl methyl sites for hydroxylation is 1. The number of tetrazole rings is 1. The summed E-state index contributed by atoms with van der Waals surface area (Å²) in [7, 11) is 3.47. The van der Waals surface area contributed by atoms with E-state index in [1.165, 1.54) is 16.9 Å². The van der Waals surface area contributed by atoms with Crippen LogP contribution in [0.3, 0.4) is 0 Å².